The largest absolute Gasteiger partial charge is 0.494 e. The van der Waals surface area contributed by atoms with Gasteiger partial charge >= 0.3 is 6.18 Å². The summed E-state index contributed by atoms with van der Waals surface area (Å²) in [5, 5.41) is -0.308. The van der Waals surface area contributed by atoms with Gasteiger partial charge in [0.15, 0.2) is 16.1 Å². The number of hydrogen-bond donors (Lipinski definition) is 0. The van der Waals surface area contributed by atoms with Gasteiger partial charge in [0.25, 0.3) is 0 Å². The topological polar surface area (TPSA) is 63.7 Å². The van der Waals surface area contributed by atoms with Crippen LogP contribution in [0.3, 0.4) is 0 Å². The molecule has 0 N–H and O–H groups in total. The maximum Gasteiger partial charge on any atom is 0.417 e. The summed E-state index contributed by atoms with van der Waals surface area (Å²) in [6.07, 6.45) is -2.54. The molecule has 1 atom stereocenters. The summed E-state index contributed by atoms with van der Waals surface area (Å²) in [6, 6.07) is 18.0. The lowest BCUT2D eigenvalue weighted by Crippen LogP contribution is -2.30. The smallest absolute Gasteiger partial charge is 0.417 e. The van der Waals surface area contributed by atoms with Crippen molar-refractivity contribution in [2.45, 2.75) is 36.9 Å². The number of hydrogen-bond acceptors (Lipinski definition) is 5. The molecule has 0 fully saturated rings. The molecular weight excluding hydrogens is 539 g/mol. The van der Waals surface area contributed by atoms with Crippen molar-refractivity contribution in [3.05, 3.63) is 94.0 Å². The Labute approximate surface area is 226 Å². The number of sulfone groups is 1. The van der Waals surface area contributed by atoms with Crippen molar-refractivity contribution in [2.24, 2.45) is 0 Å². The van der Waals surface area contributed by atoms with Gasteiger partial charge < -0.3 is 4.74 Å². The van der Waals surface area contributed by atoms with E-state index in [0.717, 1.165) is 17.9 Å². The highest BCUT2D eigenvalue weighted by atomic mass is 35.5. The molecule has 3 aromatic rings. The number of benzene rings is 3. The fraction of sp³-hybridized carbons (Fsp3) is 0.321. The summed E-state index contributed by atoms with van der Waals surface area (Å²) in [6.45, 7) is 3.56. The second-order valence-electron chi connectivity index (χ2n) is 9.11. The van der Waals surface area contributed by atoms with E-state index < -0.39 is 21.6 Å². The molecule has 0 spiro atoms. The number of alkyl halides is 3. The van der Waals surface area contributed by atoms with E-state index in [9.17, 15) is 26.4 Å². The van der Waals surface area contributed by atoms with E-state index in [-0.39, 0.29) is 34.6 Å². The molecule has 0 radical (unpaired) electrons. The molecule has 0 aliphatic heterocycles. The average Bonchev–Trinajstić information content (AvgIpc) is 2.86. The summed E-state index contributed by atoms with van der Waals surface area (Å²) >= 11 is 6.16. The molecular formula is C28H29ClF3NO4S. The molecule has 5 nitrogen and oxygen atoms in total. The molecule has 0 aliphatic rings. The Morgan fingerprint density at radius 2 is 1.76 bits per heavy atom. The first kappa shape index (κ1) is 29.7. The van der Waals surface area contributed by atoms with Crippen LogP contribution < -0.4 is 4.74 Å². The van der Waals surface area contributed by atoms with Crippen LogP contribution in [0.5, 0.6) is 5.75 Å². The third-order valence-corrected chi connectivity index (χ3v) is 7.68. The fourth-order valence-electron chi connectivity index (χ4n) is 4.17. The Bertz CT molecular complexity index is 1350. The Hall–Kier alpha value is -2.88. The Balaban J connectivity index is 1.73. The van der Waals surface area contributed by atoms with Crippen molar-refractivity contribution < 1.29 is 31.1 Å². The molecule has 38 heavy (non-hydrogen) atoms. The molecule has 0 aliphatic carbocycles. The second kappa shape index (κ2) is 12.8. The lowest BCUT2D eigenvalue weighted by molar-refractivity contribution is -0.137. The van der Waals surface area contributed by atoms with Crippen LogP contribution in [0.25, 0.3) is 0 Å². The Morgan fingerprint density at radius 3 is 2.39 bits per heavy atom. The summed E-state index contributed by atoms with van der Waals surface area (Å²) < 4.78 is 69.9. The molecule has 0 aromatic heterocycles. The fourth-order valence-corrected chi connectivity index (χ4v) is 5.34. The van der Waals surface area contributed by atoms with Crippen molar-refractivity contribution in [1.82, 2.24) is 4.90 Å². The number of carbonyl (C=O) groups excluding carboxylic acids is 1. The molecule has 0 amide bonds. The minimum Gasteiger partial charge on any atom is -0.494 e. The van der Waals surface area contributed by atoms with E-state index in [0.29, 0.717) is 37.1 Å². The van der Waals surface area contributed by atoms with Gasteiger partial charge in [0, 0.05) is 31.5 Å². The maximum absolute atomic E-state index is 13.4. The lowest BCUT2D eigenvalue weighted by Gasteiger charge is -2.27. The van der Waals surface area contributed by atoms with Crippen molar-refractivity contribution in [2.75, 3.05) is 26.0 Å². The molecule has 10 heteroatoms. The number of halogens is 4. The quantitative estimate of drug-likeness (QED) is 0.181. The highest BCUT2D eigenvalue weighted by Gasteiger charge is 2.34. The molecule has 204 valence electrons. The molecule has 1 unspecified atom stereocenters. The van der Waals surface area contributed by atoms with E-state index in [1.54, 1.807) is 6.07 Å². The number of rotatable bonds is 12. The van der Waals surface area contributed by atoms with Gasteiger partial charge in [-0.2, -0.15) is 13.2 Å². The lowest BCUT2D eigenvalue weighted by atomic mass is 10.00. The predicted molar refractivity (Wildman–Crippen MR) is 142 cm³/mol. The predicted octanol–water partition coefficient (Wildman–Crippen LogP) is 6.65. The number of carbonyl (C=O) groups is 1. The zero-order valence-electron chi connectivity index (χ0n) is 21.0. The number of nitrogens with zero attached hydrogens (tertiary/aromatic N) is 1. The van der Waals surface area contributed by atoms with Crippen molar-refractivity contribution in [3.63, 3.8) is 0 Å². The van der Waals surface area contributed by atoms with Gasteiger partial charge in [-0.1, -0.05) is 61.0 Å². The highest BCUT2D eigenvalue weighted by Crippen LogP contribution is 2.36. The molecule has 0 bridgehead atoms. The standard InChI is InChI=1S/C28H29ClF3NO4S/c1-20(21-8-4-3-5-9-21)17-33(18-22-10-6-11-25(27(22)29)28(30,31)32)14-7-15-37-24-13-12-23(19-34)26(16-24)38(2,35)36/h3-6,8-13,16,19-20H,7,14-15,17-18H2,1-2H3. The van der Waals surface area contributed by atoms with Crippen molar-refractivity contribution >= 4 is 27.7 Å². The van der Waals surface area contributed by atoms with Gasteiger partial charge in [0.1, 0.15) is 5.75 Å². The van der Waals surface area contributed by atoms with Crippen LogP contribution in [-0.4, -0.2) is 45.6 Å². The third kappa shape index (κ3) is 8.06. The minimum atomic E-state index is -4.55. The zero-order chi connectivity index (χ0) is 27.9. The average molecular weight is 568 g/mol. The monoisotopic (exact) mass is 567 g/mol. The number of ether oxygens (including phenoxy) is 1. The molecule has 0 saturated heterocycles. The van der Waals surface area contributed by atoms with E-state index in [2.05, 4.69) is 0 Å². The van der Waals surface area contributed by atoms with Crippen LogP contribution in [0.4, 0.5) is 13.2 Å². The summed E-state index contributed by atoms with van der Waals surface area (Å²) in [7, 11) is -3.62. The van der Waals surface area contributed by atoms with E-state index in [1.807, 2.05) is 42.2 Å². The number of aldehydes is 1. The van der Waals surface area contributed by atoms with E-state index in [4.69, 9.17) is 16.3 Å². The molecule has 0 heterocycles. The summed E-state index contributed by atoms with van der Waals surface area (Å²) in [5.74, 6) is 0.413. The molecule has 3 aromatic carbocycles. The second-order valence-corrected chi connectivity index (χ2v) is 11.5. The van der Waals surface area contributed by atoms with Crippen LogP contribution in [0, 0.1) is 0 Å². The first-order valence-electron chi connectivity index (χ1n) is 11.9. The Morgan fingerprint density at radius 1 is 1.05 bits per heavy atom. The van der Waals surface area contributed by atoms with Crippen LogP contribution in [-0.2, 0) is 22.6 Å². The van der Waals surface area contributed by atoms with Gasteiger partial charge in [-0.15, -0.1) is 0 Å². The third-order valence-electron chi connectivity index (χ3n) is 6.08. The Kier molecular flexibility index (Phi) is 9.98. The summed E-state index contributed by atoms with van der Waals surface area (Å²) in [4.78, 5) is 13.1. The summed E-state index contributed by atoms with van der Waals surface area (Å²) in [5.41, 5.74) is 0.674. The van der Waals surface area contributed by atoms with Gasteiger partial charge in [0.2, 0.25) is 0 Å². The van der Waals surface area contributed by atoms with Crippen molar-refractivity contribution in [1.29, 1.82) is 0 Å². The van der Waals surface area contributed by atoms with Crippen LogP contribution in [0.15, 0.2) is 71.6 Å². The van der Waals surface area contributed by atoms with Gasteiger partial charge in [-0.25, -0.2) is 8.42 Å². The van der Waals surface area contributed by atoms with E-state index in [1.165, 1.54) is 24.3 Å². The van der Waals surface area contributed by atoms with Crippen LogP contribution in [0.2, 0.25) is 5.02 Å². The normalized spacial score (nSPS) is 12.9. The maximum atomic E-state index is 13.4. The molecule has 0 saturated carbocycles. The van der Waals surface area contributed by atoms with Crippen LogP contribution >= 0.6 is 11.6 Å². The van der Waals surface area contributed by atoms with Gasteiger partial charge in [-0.05, 0) is 47.7 Å². The van der Waals surface area contributed by atoms with E-state index >= 15 is 0 Å². The van der Waals surface area contributed by atoms with Crippen molar-refractivity contribution in [3.8, 4) is 5.75 Å². The first-order chi connectivity index (χ1) is 17.9. The first-order valence-corrected chi connectivity index (χ1v) is 14.2. The van der Waals surface area contributed by atoms with Crippen LogP contribution in [0.1, 0.15) is 46.3 Å². The highest BCUT2D eigenvalue weighted by molar-refractivity contribution is 7.90. The SMILES string of the molecule is CC(CN(CCCOc1ccc(C=O)c(S(C)(=O)=O)c1)Cc1cccc(C(F)(F)F)c1Cl)c1ccccc1. The zero-order valence-corrected chi connectivity index (χ0v) is 22.6. The minimum absolute atomic E-state index is 0.0545. The van der Waals surface area contributed by atoms with Gasteiger partial charge in [-0.3, -0.25) is 9.69 Å². The van der Waals surface area contributed by atoms with Gasteiger partial charge in [0.05, 0.1) is 22.1 Å². The molecule has 3 rings (SSSR count).